The number of carbonyl (C=O) groups is 2. The number of aliphatic imine (C=N–C) groups is 1. The Kier molecular flexibility index (Phi) is 3.07. The second-order valence-corrected chi connectivity index (χ2v) is 2.97. The van der Waals surface area contributed by atoms with Gasteiger partial charge < -0.3 is 0 Å². The molecule has 1 rings (SSSR count). The second-order valence-electron chi connectivity index (χ2n) is 2.60. The van der Waals surface area contributed by atoms with E-state index in [0.29, 0.717) is 0 Å². The molecule has 0 aromatic carbocycles. The van der Waals surface area contributed by atoms with Crippen LogP contribution in [0.2, 0.25) is 0 Å². The molecule has 0 N–H and O–H groups in total. The molecule has 68 valence electrons. The zero-order chi connectivity index (χ0) is 9.84. The lowest BCUT2D eigenvalue weighted by molar-refractivity contribution is -0.125. The Morgan fingerprint density at radius 3 is 2.54 bits per heavy atom. The first-order valence-electron chi connectivity index (χ1n) is 3.62. The Labute approximate surface area is 79.9 Å². The summed E-state index contributed by atoms with van der Waals surface area (Å²) in [6, 6.07) is 0. The van der Waals surface area contributed by atoms with Gasteiger partial charge in [0.25, 0.3) is 0 Å². The molecule has 0 aliphatic carbocycles. The van der Waals surface area contributed by atoms with Crippen LogP contribution in [0.1, 0.15) is 19.8 Å². The van der Waals surface area contributed by atoms with Crippen LogP contribution in [0.5, 0.6) is 0 Å². The summed E-state index contributed by atoms with van der Waals surface area (Å²) in [5, 5.41) is 7.16. The van der Waals surface area contributed by atoms with E-state index in [1.165, 1.54) is 6.92 Å². The molecule has 0 amide bonds. The van der Waals surface area contributed by atoms with Crippen molar-refractivity contribution in [2.75, 3.05) is 0 Å². The highest BCUT2D eigenvalue weighted by Gasteiger charge is 2.13. The average Bonchev–Trinajstić information content (AvgIpc) is 2.33. The van der Waals surface area contributed by atoms with Gasteiger partial charge in [-0.2, -0.15) is 4.99 Å². The maximum atomic E-state index is 11.1. The highest BCUT2D eigenvalue weighted by atomic mass is 32.1. The van der Waals surface area contributed by atoms with Crippen molar-refractivity contribution < 1.29 is 9.59 Å². The SMILES string of the molecule is CC(=O)CC(=O)CC1=NC(=S)N=N1. The van der Waals surface area contributed by atoms with Crippen molar-refractivity contribution in [3.63, 3.8) is 0 Å². The fraction of sp³-hybridized carbons (Fsp3) is 0.429. The van der Waals surface area contributed by atoms with E-state index in [2.05, 4.69) is 27.4 Å². The Hall–Kier alpha value is -1.30. The number of azo groups is 1. The lowest BCUT2D eigenvalue weighted by Crippen LogP contribution is -2.08. The first-order chi connectivity index (χ1) is 6.08. The number of nitrogens with zero attached hydrogens (tertiary/aromatic N) is 3. The maximum Gasteiger partial charge on any atom is 0.241 e. The molecule has 1 heterocycles. The zero-order valence-corrected chi connectivity index (χ0v) is 7.80. The summed E-state index contributed by atoms with van der Waals surface area (Å²) in [7, 11) is 0. The summed E-state index contributed by atoms with van der Waals surface area (Å²) in [5.41, 5.74) is 0. The van der Waals surface area contributed by atoms with Crippen molar-refractivity contribution in [2.45, 2.75) is 19.8 Å². The van der Waals surface area contributed by atoms with Gasteiger partial charge in [-0.15, -0.1) is 10.2 Å². The van der Waals surface area contributed by atoms with Crippen molar-refractivity contribution in [3.8, 4) is 0 Å². The first kappa shape index (κ1) is 9.79. The molecule has 13 heavy (non-hydrogen) atoms. The van der Waals surface area contributed by atoms with Gasteiger partial charge in [-0.3, -0.25) is 9.59 Å². The Bertz CT molecular complexity index is 333. The zero-order valence-electron chi connectivity index (χ0n) is 6.98. The average molecular weight is 197 g/mol. The summed E-state index contributed by atoms with van der Waals surface area (Å²) in [6.45, 7) is 1.36. The Morgan fingerprint density at radius 1 is 1.38 bits per heavy atom. The third kappa shape index (κ3) is 3.29. The number of carbonyl (C=O) groups excluding carboxylic acids is 2. The quantitative estimate of drug-likeness (QED) is 0.500. The Morgan fingerprint density at radius 2 is 2.08 bits per heavy atom. The van der Waals surface area contributed by atoms with Crippen molar-refractivity contribution in [2.24, 2.45) is 15.2 Å². The van der Waals surface area contributed by atoms with Crippen LogP contribution in [-0.4, -0.2) is 22.5 Å². The van der Waals surface area contributed by atoms with Gasteiger partial charge in [-0.05, 0) is 19.1 Å². The van der Waals surface area contributed by atoms with E-state index in [1.54, 1.807) is 0 Å². The molecule has 0 saturated heterocycles. The van der Waals surface area contributed by atoms with Gasteiger partial charge in [-0.25, -0.2) is 0 Å². The van der Waals surface area contributed by atoms with Gasteiger partial charge in [0.15, 0.2) is 5.84 Å². The molecule has 0 saturated carbocycles. The fourth-order valence-electron chi connectivity index (χ4n) is 0.847. The van der Waals surface area contributed by atoms with E-state index in [0.717, 1.165) is 0 Å². The molecular formula is C7H7N3O2S. The molecule has 0 aromatic heterocycles. The lowest BCUT2D eigenvalue weighted by Gasteiger charge is -1.92. The molecule has 0 fully saturated rings. The van der Waals surface area contributed by atoms with Gasteiger partial charge in [0, 0.05) is 0 Å². The number of thiocarbonyl (C=S) groups is 1. The molecule has 0 atom stereocenters. The third-order valence-electron chi connectivity index (χ3n) is 1.28. The van der Waals surface area contributed by atoms with Crippen molar-refractivity contribution in [1.29, 1.82) is 0 Å². The van der Waals surface area contributed by atoms with Crippen molar-refractivity contribution in [3.05, 3.63) is 0 Å². The summed E-state index contributed by atoms with van der Waals surface area (Å²) in [6.07, 6.45) is -0.0511. The van der Waals surface area contributed by atoms with Crippen LogP contribution in [0.15, 0.2) is 15.2 Å². The Balaban J connectivity index is 2.46. The smallest absolute Gasteiger partial charge is 0.241 e. The molecule has 1 aliphatic rings. The number of hydrogen-bond acceptors (Lipinski definition) is 4. The van der Waals surface area contributed by atoms with Crippen LogP contribution in [0.4, 0.5) is 0 Å². The predicted molar refractivity (Wildman–Crippen MR) is 49.8 cm³/mol. The van der Waals surface area contributed by atoms with Crippen LogP contribution < -0.4 is 0 Å². The normalized spacial score (nSPS) is 14.5. The van der Waals surface area contributed by atoms with Gasteiger partial charge in [-0.1, -0.05) is 0 Å². The first-order valence-corrected chi connectivity index (χ1v) is 4.03. The van der Waals surface area contributed by atoms with Gasteiger partial charge >= 0.3 is 0 Å². The molecule has 0 bridgehead atoms. The number of rotatable bonds is 4. The van der Waals surface area contributed by atoms with Crippen LogP contribution in [0.3, 0.4) is 0 Å². The van der Waals surface area contributed by atoms with Crippen LogP contribution in [0, 0.1) is 0 Å². The van der Waals surface area contributed by atoms with E-state index < -0.39 is 0 Å². The summed E-state index contributed by atoms with van der Waals surface area (Å²) < 4.78 is 0. The number of amidine groups is 1. The van der Waals surface area contributed by atoms with Gasteiger partial charge in [0.2, 0.25) is 5.11 Å². The van der Waals surface area contributed by atoms with Gasteiger partial charge in [0.1, 0.15) is 11.6 Å². The minimum Gasteiger partial charge on any atom is -0.300 e. The second kappa shape index (κ2) is 4.08. The molecular weight excluding hydrogens is 190 g/mol. The topological polar surface area (TPSA) is 71.2 Å². The highest BCUT2D eigenvalue weighted by Crippen LogP contribution is 2.04. The molecule has 0 spiro atoms. The summed E-state index contributed by atoms with van der Waals surface area (Å²) in [5.74, 6) is -0.0886. The molecule has 0 aromatic rings. The van der Waals surface area contributed by atoms with E-state index >= 15 is 0 Å². The molecule has 1 aliphatic heterocycles. The van der Waals surface area contributed by atoms with Crippen molar-refractivity contribution in [1.82, 2.24) is 0 Å². The maximum absolute atomic E-state index is 11.1. The van der Waals surface area contributed by atoms with E-state index in [-0.39, 0.29) is 35.4 Å². The number of Topliss-reactive ketones (excluding diaryl/α,β-unsaturated/α-hetero) is 2. The molecule has 6 heteroatoms. The minimum atomic E-state index is -0.213. The number of ketones is 2. The monoisotopic (exact) mass is 197 g/mol. The molecule has 0 unspecified atom stereocenters. The third-order valence-corrected chi connectivity index (χ3v) is 1.45. The van der Waals surface area contributed by atoms with Crippen LogP contribution in [0.25, 0.3) is 0 Å². The molecule has 5 nitrogen and oxygen atoms in total. The summed E-state index contributed by atoms with van der Waals surface area (Å²) >= 11 is 4.61. The lowest BCUT2D eigenvalue weighted by atomic mass is 10.1. The van der Waals surface area contributed by atoms with Gasteiger partial charge in [0.05, 0.1) is 12.8 Å². The molecule has 0 radical (unpaired) electrons. The van der Waals surface area contributed by atoms with E-state index in [1.807, 2.05) is 0 Å². The fourth-order valence-corrected chi connectivity index (χ4v) is 0.993. The number of hydrogen-bond donors (Lipinski definition) is 0. The van der Waals surface area contributed by atoms with E-state index in [9.17, 15) is 9.59 Å². The largest absolute Gasteiger partial charge is 0.300 e. The van der Waals surface area contributed by atoms with Crippen molar-refractivity contribution >= 4 is 34.7 Å². The summed E-state index contributed by atoms with van der Waals surface area (Å²) in [4.78, 5) is 25.3. The highest BCUT2D eigenvalue weighted by molar-refractivity contribution is 7.80. The standard InChI is InChI=1S/C7H7N3O2S/c1-4(11)2-5(12)3-6-8-7(13)10-9-6/h2-3H2,1H3. The van der Waals surface area contributed by atoms with Crippen LogP contribution >= 0.6 is 12.2 Å². The minimum absolute atomic E-state index is 0.0310. The van der Waals surface area contributed by atoms with E-state index in [4.69, 9.17) is 0 Å². The van der Waals surface area contributed by atoms with Crippen LogP contribution in [-0.2, 0) is 9.59 Å². The predicted octanol–water partition coefficient (Wildman–Crippen LogP) is 1.07.